The number of fused-ring (bicyclic) bond motifs is 1. The number of aromatic nitrogens is 3. The van der Waals surface area contributed by atoms with E-state index in [0.717, 1.165) is 11.3 Å². The first kappa shape index (κ1) is 19.6. The molecule has 3 aromatic rings. The van der Waals surface area contributed by atoms with Gasteiger partial charge in [-0.25, -0.2) is 9.67 Å². The van der Waals surface area contributed by atoms with Gasteiger partial charge in [0.15, 0.2) is 5.65 Å². The van der Waals surface area contributed by atoms with E-state index in [1.54, 1.807) is 23.9 Å². The van der Waals surface area contributed by atoms with Gasteiger partial charge in [-0.2, -0.15) is 5.10 Å². The molecule has 3 heterocycles. The number of nitrogens with zero attached hydrogens (tertiary/aromatic N) is 3. The van der Waals surface area contributed by atoms with Gasteiger partial charge in [0.05, 0.1) is 29.3 Å². The number of pyridine rings is 1. The van der Waals surface area contributed by atoms with Gasteiger partial charge in [-0.3, -0.25) is 9.59 Å². The van der Waals surface area contributed by atoms with Crippen LogP contribution in [0.15, 0.2) is 22.7 Å². The van der Waals surface area contributed by atoms with E-state index in [4.69, 9.17) is 14.5 Å². The third kappa shape index (κ3) is 3.76. The Hall–Kier alpha value is -3.16. The van der Waals surface area contributed by atoms with Gasteiger partial charge in [0.2, 0.25) is 0 Å². The molecule has 0 aliphatic heterocycles. The van der Waals surface area contributed by atoms with Crippen molar-refractivity contribution in [2.75, 3.05) is 0 Å². The van der Waals surface area contributed by atoms with Crippen LogP contribution in [0.2, 0.25) is 0 Å². The molecule has 3 aromatic heterocycles. The number of carboxylic acids is 1. The maximum atomic E-state index is 12.9. The Balaban J connectivity index is 2.13. The number of carboxylic acid groups (broad SMARTS) is 1. The van der Waals surface area contributed by atoms with Gasteiger partial charge in [0, 0.05) is 17.6 Å². The standard InChI is InChI=1S/C20H24N4O4/c1-10(2)24-19-16(9-21-24)15(20(27)22-11(3)6-18(25)26)8-17(23-19)14-7-12(4)28-13(14)5/h7-11H,6H2,1-5H3,(H,22,27)(H,25,26). The van der Waals surface area contributed by atoms with Gasteiger partial charge in [0.1, 0.15) is 11.5 Å². The van der Waals surface area contributed by atoms with Crippen LogP contribution in [0, 0.1) is 13.8 Å². The number of nitrogens with one attached hydrogen (secondary N) is 1. The van der Waals surface area contributed by atoms with E-state index in [0.29, 0.717) is 28.1 Å². The van der Waals surface area contributed by atoms with E-state index in [1.165, 1.54) is 0 Å². The third-order valence-corrected chi connectivity index (χ3v) is 4.48. The van der Waals surface area contributed by atoms with E-state index in [9.17, 15) is 9.59 Å². The number of aryl methyl sites for hydroxylation is 2. The van der Waals surface area contributed by atoms with Gasteiger partial charge >= 0.3 is 5.97 Å². The molecule has 8 heteroatoms. The lowest BCUT2D eigenvalue weighted by molar-refractivity contribution is -0.137. The van der Waals surface area contributed by atoms with Crippen molar-refractivity contribution in [2.24, 2.45) is 0 Å². The molecule has 0 saturated heterocycles. The molecule has 0 aliphatic rings. The minimum atomic E-state index is -0.967. The first-order valence-corrected chi connectivity index (χ1v) is 9.15. The Bertz CT molecular complexity index is 1050. The fraction of sp³-hybridized carbons (Fsp3) is 0.400. The molecule has 3 rings (SSSR count). The molecule has 0 saturated carbocycles. The van der Waals surface area contributed by atoms with Crippen LogP contribution in [-0.4, -0.2) is 37.8 Å². The molecule has 0 bridgehead atoms. The fourth-order valence-electron chi connectivity index (χ4n) is 3.22. The lowest BCUT2D eigenvalue weighted by Crippen LogP contribution is -2.34. The van der Waals surface area contributed by atoms with Crippen LogP contribution >= 0.6 is 0 Å². The van der Waals surface area contributed by atoms with Crippen molar-refractivity contribution < 1.29 is 19.1 Å². The van der Waals surface area contributed by atoms with Crippen LogP contribution < -0.4 is 5.32 Å². The van der Waals surface area contributed by atoms with Gasteiger partial charge in [-0.1, -0.05) is 0 Å². The van der Waals surface area contributed by atoms with Crippen molar-refractivity contribution >= 4 is 22.9 Å². The Kier molecular flexibility index (Phi) is 5.22. The van der Waals surface area contributed by atoms with Crippen molar-refractivity contribution in [3.05, 3.63) is 35.4 Å². The molecule has 148 valence electrons. The summed E-state index contributed by atoms with van der Waals surface area (Å²) in [5, 5.41) is 16.7. The molecule has 28 heavy (non-hydrogen) atoms. The van der Waals surface area contributed by atoms with Crippen LogP contribution in [0.5, 0.6) is 0 Å². The third-order valence-electron chi connectivity index (χ3n) is 4.48. The van der Waals surface area contributed by atoms with Crippen LogP contribution in [0.1, 0.15) is 55.1 Å². The molecule has 0 fully saturated rings. The zero-order chi connectivity index (χ0) is 20.6. The summed E-state index contributed by atoms with van der Waals surface area (Å²) in [5.41, 5.74) is 2.42. The van der Waals surface area contributed by atoms with Gasteiger partial charge in [0.25, 0.3) is 5.91 Å². The van der Waals surface area contributed by atoms with Crippen molar-refractivity contribution in [1.82, 2.24) is 20.1 Å². The van der Waals surface area contributed by atoms with Crippen LogP contribution in [-0.2, 0) is 4.79 Å². The fourth-order valence-corrected chi connectivity index (χ4v) is 3.22. The van der Waals surface area contributed by atoms with Crippen LogP contribution in [0.3, 0.4) is 0 Å². The summed E-state index contributed by atoms with van der Waals surface area (Å²) in [6.45, 7) is 9.34. The number of amides is 1. The number of hydrogen-bond donors (Lipinski definition) is 2. The van der Waals surface area contributed by atoms with Crippen molar-refractivity contribution in [2.45, 2.75) is 53.1 Å². The first-order valence-electron chi connectivity index (χ1n) is 9.15. The molecule has 1 unspecified atom stereocenters. The largest absolute Gasteiger partial charge is 0.481 e. The molecule has 0 spiro atoms. The average molecular weight is 384 g/mol. The van der Waals surface area contributed by atoms with E-state index >= 15 is 0 Å². The SMILES string of the molecule is Cc1cc(-c2cc(C(=O)NC(C)CC(=O)O)c3cnn(C(C)C)c3n2)c(C)o1. The molecular weight excluding hydrogens is 360 g/mol. The molecule has 0 aliphatic carbocycles. The Morgan fingerprint density at radius 3 is 2.54 bits per heavy atom. The van der Waals surface area contributed by atoms with E-state index in [1.807, 2.05) is 33.8 Å². The minimum absolute atomic E-state index is 0.0641. The van der Waals surface area contributed by atoms with E-state index in [-0.39, 0.29) is 18.4 Å². The van der Waals surface area contributed by atoms with Gasteiger partial charge in [-0.05, 0) is 46.8 Å². The van der Waals surface area contributed by atoms with Crippen LogP contribution in [0.25, 0.3) is 22.3 Å². The highest BCUT2D eigenvalue weighted by molar-refractivity contribution is 6.06. The van der Waals surface area contributed by atoms with Crippen LogP contribution in [0.4, 0.5) is 0 Å². The number of aliphatic carboxylic acids is 1. The summed E-state index contributed by atoms with van der Waals surface area (Å²) in [7, 11) is 0. The Morgan fingerprint density at radius 2 is 1.96 bits per heavy atom. The predicted molar refractivity (Wildman–Crippen MR) is 104 cm³/mol. The topological polar surface area (TPSA) is 110 Å². The normalized spacial score (nSPS) is 12.5. The highest BCUT2D eigenvalue weighted by Crippen LogP contribution is 2.30. The Labute approximate surface area is 162 Å². The predicted octanol–water partition coefficient (Wildman–Crippen LogP) is 3.48. The van der Waals surface area contributed by atoms with E-state index < -0.39 is 12.0 Å². The summed E-state index contributed by atoms with van der Waals surface area (Å²) in [6.07, 6.45) is 1.47. The summed E-state index contributed by atoms with van der Waals surface area (Å²) in [4.78, 5) is 28.6. The number of furan rings is 1. The summed E-state index contributed by atoms with van der Waals surface area (Å²) >= 11 is 0. The quantitative estimate of drug-likeness (QED) is 0.673. The lowest BCUT2D eigenvalue weighted by Gasteiger charge is -2.13. The molecule has 1 amide bonds. The molecule has 0 aromatic carbocycles. The zero-order valence-corrected chi connectivity index (χ0v) is 16.6. The molecule has 0 radical (unpaired) electrons. The molecule has 8 nitrogen and oxygen atoms in total. The monoisotopic (exact) mass is 384 g/mol. The van der Waals surface area contributed by atoms with E-state index in [2.05, 4.69) is 10.4 Å². The first-order chi connectivity index (χ1) is 13.2. The minimum Gasteiger partial charge on any atom is -0.481 e. The summed E-state index contributed by atoms with van der Waals surface area (Å²) in [6, 6.07) is 3.15. The molecule has 2 N–H and O–H groups in total. The van der Waals surface area contributed by atoms with Crippen molar-refractivity contribution in [1.29, 1.82) is 0 Å². The number of hydrogen-bond acceptors (Lipinski definition) is 5. The second-order valence-corrected chi connectivity index (χ2v) is 7.27. The van der Waals surface area contributed by atoms with Crippen molar-refractivity contribution in [3.8, 4) is 11.3 Å². The second kappa shape index (κ2) is 7.46. The number of rotatable bonds is 6. The summed E-state index contributed by atoms with van der Waals surface area (Å²) < 4.78 is 7.38. The highest BCUT2D eigenvalue weighted by Gasteiger charge is 2.21. The second-order valence-electron chi connectivity index (χ2n) is 7.27. The number of carbonyl (C=O) groups excluding carboxylic acids is 1. The van der Waals surface area contributed by atoms with Crippen molar-refractivity contribution in [3.63, 3.8) is 0 Å². The molecular formula is C20H24N4O4. The Morgan fingerprint density at radius 1 is 1.25 bits per heavy atom. The van der Waals surface area contributed by atoms with Gasteiger partial charge in [-0.15, -0.1) is 0 Å². The maximum absolute atomic E-state index is 12.9. The number of carbonyl (C=O) groups is 2. The highest BCUT2D eigenvalue weighted by atomic mass is 16.4. The molecule has 1 atom stereocenters. The lowest BCUT2D eigenvalue weighted by atomic mass is 10.1. The zero-order valence-electron chi connectivity index (χ0n) is 16.6. The maximum Gasteiger partial charge on any atom is 0.305 e. The van der Waals surface area contributed by atoms with Gasteiger partial charge < -0.3 is 14.8 Å². The average Bonchev–Trinajstić information content (AvgIpc) is 3.15. The smallest absolute Gasteiger partial charge is 0.305 e. The summed E-state index contributed by atoms with van der Waals surface area (Å²) in [5.74, 6) is 0.146.